The third-order valence-corrected chi connectivity index (χ3v) is 3.93. The number of benzene rings is 1. The van der Waals surface area contributed by atoms with Gasteiger partial charge in [0.1, 0.15) is 0 Å². The van der Waals surface area contributed by atoms with E-state index in [1.165, 1.54) is 19.3 Å². The summed E-state index contributed by atoms with van der Waals surface area (Å²) >= 11 is 0. The van der Waals surface area contributed by atoms with Crippen LogP contribution in [0.3, 0.4) is 0 Å². The van der Waals surface area contributed by atoms with Gasteiger partial charge in [-0.3, -0.25) is 0 Å². The molecular weight excluding hydrogens is 226 g/mol. The highest BCUT2D eigenvalue weighted by molar-refractivity contribution is 5.89. The zero-order valence-corrected chi connectivity index (χ0v) is 11.3. The molecule has 3 heteroatoms. The van der Waals surface area contributed by atoms with Gasteiger partial charge in [-0.05, 0) is 63.8 Å². The average molecular weight is 247 g/mol. The minimum Gasteiger partial charge on any atom is -0.478 e. The highest BCUT2D eigenvalue weighted by Gasteiger charge is 2.25. The molecular formula is C15H21NO2. The third-order valence-electron chi connectivity index (χ3n) is 3.93. The molecule has 1 aromatic carbocycles. The maximum atomic E-state index is 11.0. The predicted molar refractivity (Wildman–Crippen MR) is 73.4 cm³/mol. The lowest BCUT2D eigenvalue weighted by Crippen LogP contribution is -2.43. The van der Waals surface area contributed by atoms with Crippen LogP contribution in [0.25, 0.3) is 0 Å². The van der Waals surface area contributed by atoms with Crippen LogP contribution in [0.2, 0.25) is 0 Å². The summed E-state index contributed by atoms with van der Waals surface area (Å²) in [5.41, 5.74) is 2.39. The summed E-state index contributed by atoms with van der Waals surface area (Å²) in [7, 11) is 0. The molecule has 0 aliphatic carbocycles. The van der Waals surface area contributed by atoms with Gasteiger partial charge in [-0.25, -0.2) is 4.79 Å². The van der Waals surface area contributed by atoms with Crippen LogP contribution in [0.4, 0.5) is 5.69 Å². The molecule has 1 aromatic rings. The Hall–Kier alpha value is -1.51. The van der Waals surface area contributed by atoms with Crippen LogP contribution < -0.4 is 4.90 Å². The second-order valence-electron chi connectivity index (χ2n) is 5.34. The first kappa shape index (κ1) is 12.9. The van der Waals surface area contributed by atoms with Crippen LogP contribution in [0.15, 0.2) is 18.2 Å². The molecule has 0 amide bonds. The summed E-state index contributed by atoms with van der Waals surface area (Å²) in [6.07, 6.45) is 3.71. The van der Waals surface area contributed by atoms with Gasteiger partial charge in [-0.15, -0.1) is 0 Å². The minimum absolute atomic E-state index is 0.399. The van der Waals surface area contributed by atoms with Crippen molar-refractivity contribution >= 4 is 11.7 Å². The van der Waals surface area contributed by atoms with Crippen molar-refractivity contribution in [3.05, 3.63) is 29.3 Å². The highest BCUT2D eigenvalue weighted by Crippen LogP contribution is 2.30. The second kappa shape index (κ2) is 5.01. The first-order valence-corrected chi connectivity index (χ1v) is 6.63. The number of aromatic carboxylic acids is 1. The molecule has 0 saturated carbocycles. The molecule has 1 saturated heterocycles. The van der Waals surface area contributed by atoms with E-state index in [1.807, 2.05) is 19.1 Å². The molecule has 0 radical (unpaired) electrons. The van der Waals surface area contributed by atoms with Crippen molar-refractivity contribution in [3.63, 3.8) is 0 Å². The fraction of sp³-hybridized carbons (Fsp3) is 0.533. The monoisotopic (exact) mass is 247 g/mol. The van der Waals surface area contributed by atoms with E-state index in [1.54, 1.807) is 6.07 Å². The Morgan fingerprint density at radius 3 is 2.39 bits per heavy atom. The van der Waals surface area contributed by atoms with Gasteiger partial charge in [0.2, 0.25) is 0 Å². The Morgan fingerprint density at radius 2 is 1.89 bits per heavy atom. The Bertz CT molecular complexity index is 446. The maximum absolute atomic E-state index is 11.0. The van der Waals surface area contributed by atoms with Crippen LogP contribution >= 0.6 is 0 Å². The Balaban J connectivity index is 2.33. The largest absolute Gasteiger partial charge is 0.478 e. The van der Waals surface area contributed by atoms with Crippen LogP contribution in [-0.2, 0) is 0 Å². The Labute approximate surface area is 108 Å². The quantitative estimate of drug-likeness (QED) is 0.870. The number of carbonyl (C=O) groups is 1. The second-order valence-corrected chi connectivity index (χ2v) is 5.34. The van der Waals surface area contributed by atoms with Gasteiger partial charge in [0, 0.05) is 17.8 Å². The van der Waals surface area contributed by atoms with E-state index < -0.39 is 5.97 Å². The Kier molecular flexibility index (Phi) is 3.60. The molecule has 98 valence electrons. The molecule has 2 unspecified atom stereocenters. The van der Waals surface area contributed by atoms with E-state index in [4.69, 9.17) is 5.11 Å². The van der Waals surface area contributed by atoms with Crippen molar-refractivity contribution in [2.75, 3.05) is 4.90 Å². The summed E-state index contributed by atoms with van der Waals surface area (Å²) in [6.45, 7) is 6.36. The maximum Gasteiger partial charge on any atom is 0.335 e. The standard InChI is InChI=1S/C15H21NO2/c1-10-9-13(7-8-14(10)15(17)18)16-11(2)5-4-6-12(16)3/h7-9,11-12H,4-6H2,1-3H3,(H,17,18). The van der Waals surface area contributed by atoms with Crippen LogP contribution in [0.5, 0.6) is 0 Å². The van der Waals surface area contributed by atoms with E-state index >= 15 is 0 Å². The van der Waals surface area contributed by atoms with Crippen molar-refractivity contribution in [1.82, 2.24) is 0 Å². The van der Waals surface area contributed by atoms with Gasteiger partial charge in [0.05, 0.1) is 5.56 Å². The summed E-state index contributed by atoms with van der Waals surface area (Å²) in [4.78, 5) is 13.4. The van der Waals surface area contributed by atoms with Crippen LogP contribution in [-0.4, -0.2) is 23.2 Å². The molecule has 0 aromatic heterocycles. The molecule has 18 heavy (non-hydrogen) atoms. The number of carboxylic acids is 1. The highest BCUT2D eigenvalue weighted by atomic mass is 16.4. The molecule has 2 rings (SSSR count). The van der Waals surface area contributed by atoms with Crippen molar-refractivity contribution < 1.29 is 9.90 Å². The average Bonchev–Trinajstić information content (AvgIpc) is 2.28. The fourth-order valence-corrected chi connectivity index (χ4v) is 2.98. The lowest BCUT2D eigenvalue weighted by Gasteiger charge is -2.41. The molecule has 1 N–H and O–H groups in total. The lowest BCUT2D eigenvalue weighted by atomic mass is 9.96. The normalized spacial score (nSPS) is 24.1. The first-order valence-electron chi connectivity index (χ1n) is 6.63. The summed E-state index contributed by atoms with van der Waals surface area (Å²) in [5, 5.41) is 9.06. The summed E-state index contributed by atoms with van der Waals surface area (Å²) < 4.78 is 0. The molecule has 0 spiro atoms. The molecule has 3 nitrogen and oxygen atoms in total. The number of nitrogens with zero attached hydrogens (tertiary/aromatic N) is 1. The van der Waals surface area contributed by atoms with Gasteiger partial charge >= 0.3 is 5.97 Å². The number of hydrogen-bond donors (Lipinski definition) is 1. The molecule has 1 heterocycles. The first-order chi connectivity index (χ1) is 8.50. The van der Waals surface area contributed by atoms with Gasteiger partial charge in [-0.2, -0.15) is 0 Å². The van der Waals surface area contributed by atoms with Crippen molar-refractivity contribution in [3.8, 4) is 0 Å². The zero-order chi connectivity index (χ0) is 13.3. The zero-order valence-electron chi connectivity index (χ0n) is 11.3. The number of anilines is 1. The number of hydrogen-bond acceptors (Lipinski definition) is 2. The van der Waals surface area contributed by atoms with Crippen molar-refractivity contribution in [2.45, 2.75) is 52.1 Å². The van der Waals surface area contributed by atoms with Gasteiger partial charge in [0.15, 0.2) is 0 Å². The van der Waals surface area contributed by atoms with Gasteiger partial charge in [0.25, 0.3) is 0 Å². The van der Waals surface area contributed by atoms with Crippen molar-refractivity contribution in [1.29, 1.82) is 0 Å². The van der Waals surface area contributed by atoms with E-state index in [9.17, 15) is 4.79 Å². The van der Waals surface area contributed by atoms with Gasteiger partial charge in [-0.1, -0.05) is 0 Å². The van der Waals surface area contributed by atoms with E-state index in [0.717, 1.165) is 11.3 Å². The molecule has 1 aliphatic rings. The third kappa shape index (κ3) is 2.35. The minimum atomic E-state index is -0.848. The number of rotatable bonds is 2. The fourth-order valence-electron chi connectivity index (χ4n) is 2.98. The smallest absolute Gasteiger partial charge is 0.335 e. The van der Waals surface area contributed by atoms with E-state index in [-0.39, 0.29) is 0 Å². The Morgan fingerprint density at radius 1 is 1.28 bits per heavy atom. The van der Waals surface area contributed by atoms with Crippen LogP contribution in [0, 0.1) is 6.92 Å². The molecule has 2 atom stereocenters. The predicted octanol–water partition coefficient (Wildman–Crippen LogP) is 3.46. The number of aryl methyl sites for hydroxylation is 1. The molecule has 0 bridgehead atoms. The van der Waals surface area contributed by atoms with Crippen LogP contribution in [0.1, 0.15) is 49.0 Å². The summed E-state index contributed by atoms with van der Waals surface area (Å²) in [5.74, 6) is -0.848. The van der Waals surface area contributed by atoms with E-state index in [0.29, 0.717) is 17.6 Å². The topological polar surface area (TPSA) is 40.5 Å². The molecule has 1 fully saturated rings. The lowest BCUT2D eigenvalue weighted by molar-refractivity contribution is 0.0696. The number of piperidine rings is 1. The number of carboxylic acid groups (broad SMARTS) is 1. The summed E-state index contributed by atoms with van der Waals surface area (Å²) in [6, 6.07) is 6.73. The van der Waals surface area contributed by atoms with Gasteiger partial charge < -0.3 is 10.0 Å². The SMILES string of the molecule is Cc1cc(N2C(C)CCCC2C)ccc1C(=O)O. The van der Waals surface area contributed by atoms with E-state index in [2.05, 4.69) is 18.7 Å². The van der Waals surface area contributed by atoms with Crippen molar-refractivity contribution in [2.24, 2.45) is 0 Å². The molecule has 1 aliphatic heterocycles.